The van der Waals surface area contributed by atoms with E-state index in [0.29, 0.717) is 64.3 Å². The molecule has 7 heterocycles. The molecule has 3 saturated heterocycles. The Morgan fingerprint density at radius 2 is 1.71 bits per heavy atom. The van der Waals surface area contributed by atoms with Crippen molar-refractivity contribution in [1.82, 2.24) is 45.9 Å². The fourth-order valence-electron chi connectivity index (χ4n) is 8.69. The summed E-state index contributed by atoms with van der Waals surface area (Å²) in [5.74, 6) is 0.228. The SMILES string of the molecule is Cc1cc(C[C@H](NC(=O)N2CCC3(CC2)OC(=O)Nc2ncccc23)C(=O)N[C@H](CC2CCNCC2)C(=O)N2CCN(c3ccncc3)CC2)cc2cn[nH]c12. The Kier molecular flexibility index (Phi) is 10.7. The number of fused-ring (bicyclic) bond motifs is 3. The van der Waals surface area contributed by atoms with Crippen LogP contribution in [-0.2, 0) is 26.3 Å². The number of nitrogens with one attached hydrogen (secondary N) is 5. The van der Waals surface area contributed by atoms with Crippen LogP contribution in [0, 0.1) is 12.8 Å². The van der Waals surface area contributed by atoms with Gasteiger partial charge in [0.1, 0.15) is 23.5 Å². The molecule has 2 atom stereocenters. The number of aryl methyl sites for hydroxylation is 1. The fraction of sp³-hybridized carbons (Fsp3) is 0.475. The zero-order chi connectivity index (χ0) is 38.6. The van der Waals surface area contributed by atoms with Crippen molar-refractivity contribution >= 4 is 46.3 Å². The third kappa shape index (κ3) is 7.96. The number of amides is 5. The van der Waals surface area contributed by atoms with Gasteiger partial charge in [-0.05, 0) is 86.7 Å². The van der Waals surface area contributed by atoms with Gasteiger partial charge < -0.3 is 35.4 Å². The summed E-state index contributed by atoms with van der Waals surface area (Å²) in [6, 6.07) is 9.48. The maximum absolute atomic E-state index is 14.5. The number of anilines is 2. The smallest absolute Gasteiger partial charge is 0.413 e. The largest absolute Gasteiger partial charge is 0.437 e. The van der Waals surface area contributed by atoms with Crippen LogP contribution in [0.4, 0.5) is 21.1 Å². The second-order valence-corrected chi connectivity index (χ2v) is 15.4. The Hall–Kier alpha value is -5.77. The Labute approximate surface area is 325 Å². The number of aromatic nitrogens is 4. The number of ether oxygens (including phenoxy) is 1. The van der Waals surface area contributed by atoms with E-state index in [1.807, 2.05) is 42.2 Å². The number of urea groups is 1. The van der Waals surface area contributed by atoms with Gasteiger partial charge in [0.2, 0.25) is 11.8 Å². The highest BCUT2D eigenvalue weighted by Gasteiger charge is 2.46. The van der Waals surface area contributed by atoms with Gasteiger partial charge in [-0.25, -0.2) is 14.6 Å². The van der Waals surface area contributed by atoms with Crippen molar-refractivity contribution in [2.24, 2.45) is 5.92 Å². The monoisotopic (exact) mass is 763 g/mol. The lowest BCUT2D eigenvalue weighted by molar-refractivity contribution is -0.137. The van der Waals surface area contributed by atoms with E-state index in [2.05, 4.69) is 46.3 Å². The van der Waals surface area contributed by atoms with E-state index in [1.165, 1.54) is 0 Å². The summed E-state index contributed by atoms with van der Waals surface area (Å²) in [4.78, 5) is 69.6. The van der Waals surface area contributed by atoms with Crippen LogP contribution in [0.5, 0.6) is 0 Å². The van der Waals surface area contributed by atoms with E-state index in [4.69, 9.17) is 4.74 Å². The first-order valence-corrected chi connectivity index (χ1v) is 19.6. The molecule has 0 bridgehead atoms. The van der Waals surface area contributed by atoms with Gasteiger partial charge in [-0.3, -0.25) is 25.0 Å². The number of carbonyl (C=O) groups is 4. The average Bonchev–Trinajstić information content (AvgIpc) is 3.71. The number of aromatic amines is 1. The Morgan fingerprint density at radius 1 is 0.946 bits per heavy atom. The van der Waals surface area contributed by atoms with Crippen molar-refractivity contribution in [3.05, 3.63) is 77.9 Å². The molecule has 4 aromatic rings. The molecule has 1 aromatic carbocycles. The van der Waals surface area contributed by atoms with Crippen molar-refractivity contribution in [2.45, 2.75) is 63.1 Å². The van der Waals surface area contributed by atoms with E-state index in [0.717, 1.165) is 59.2 Å². The van der Waals surface area contributed by atoms with Gasteiger partial charge >= 0.3 is 12.1 Å². The zero-order valence-electron chi connectivity index (χ0n) is 31.6. The molecule has 0 saturated carbocycles. The highest BCUT2D eigenvalue weighted by molar-refractivity contribution is 5.93. The Morgan fingerprint density at radius 3 is 2.48 bits per heavy atom. The summed E-state index contributed by atoms with van der Waals surface area (Å²) in [6.45, 7) is 6.72. The predicted molar refractivity (Wildman–Crippen MR) is 209 cm³/mol. The maximum atomic E-state index is 14.5. The number of hydrogen-bond acceptors (Lipinski definition) is 10. The Bertz CT molecular complexity index is 2050. The lowest BCUT2D eigenvalue weighted by Gasteiger charge is -2.43. The number of piperidine rings is 2. The van der Waals surface area contributed by atoms with Crippen LogP contribution in [0.15, 0.2) is 61.2 Å². The molecule has 1 spiro atoms. The van der Waals surface area contributed by atoms with Gasteiger partial charge in [-0.2, -0.15) is 5.10 Å². The molecule has 4 aliphatic rings. The van der Waals surface area contributed by atoms with Crippen LogP contribution < -0.4 is 26.2 Å². The molecule has 5 amide bonds. The molecular formula is C40H49N11O5. The first kappa shape index (κ1) is 37.2. The van der Waals surface area contributed by atoms with Gasteiger partial charge in [0, 0.05) is 93.8 Å². The van der Waals surface area contributed by atoms with Crippen LogP contribution in [0.3, 0.4) is 0 Å². The number of benzene rings is 1. The van der Waals surface area contributed by atoms with Crippen LogP contribution in [0.1, 0.15) is 48.8 Å². The number of rotatable bonds is 9. The molecule has 0 aliphatic carbocycles. The van der Waals surface area contributed by atoms with E-state index in [1.54, 1.807) is 35.8 Å². The number of hydrogen-bond donors (Lipinski definition) is 5. The minimum absolute atomic E-state index is 0.0976. The quantitative estimate of drug-likeness (QED) is 0.170. The summed E-state index contributed by atoms with van der Waals surface area (Å²) in [6.07, 6.45) is 9.65. The Balaban J connectivity index is 0.999. The molecular weight excluding hydrogens is 715 g/mol. The molecule has 4 aliphatic heterocycles. The minimum atomic E-state index is -0.976. The normalized spacial score (nSPS) is 19.4. The number of carbonyl (C=O) groups excluding carboxylic acids is 4. The summed E-state index contributed by atoms with van der Waals surface area (Å²) < 4.78 is 5.85. The number of H-pyrrole nitrogens is 1. The van der Waals surface area contributed by atoms with Crippen molar-refractivity contribution in [3.8, 4) is 0 Å². The van der Waals surface area contributed by atoms with Gasteiger partial charge in [-0.1, -0.05) is 6.07 Å². The maximum Gasteiger partial charge on any atom is 0.413 e. The fourth-order valence-corrected chi connectivity index (χ4v) is 8.69. The van der Waals surface area contributed by atoms with Gasteiger partial charge in [0.05, 0.1) is 11.7 Å². The summed E-state index contributed by atoms with van der Waals surface area (Å²) in [7, 11) is 0. The van der Waals surface area contributed by atoms with Crippen molar-refractivity contribution in [3.63, 3.8) is 0 Å². The van der Waals surface area contributed by atoms with E-state index in [9.17, 15) is 19.2 Å². The predicted octanol–water partition coefficient (Wildman–Crippen LogP) is 3.06. The first-order valence-electron chi connectivity index (χ1n) is 19.6. The molecule has 16 heteroatoms. The molecule has 0 unspecified atom stereocenters. The lowest BCUT2D eigenvalue weighted by atomic mass is 9.83. The van der Waals surface area contributed by atoms with Gasteiger partial charge in [0.25, 0.3) is 0 Å². The van der Waals surface area contributed by atoms with Crippen LogP contribution >= 0.6 is 0 Å². The van der Waals surface area contributed by atoms with Crippen molar-refractivity contribution in [1.29, 1.82) is 0 Å². The molecule has 294 valence electrons. The van der Waals surface area contributed by atoms with Crippen LogP contribution in [0.2, 0.25) is 0 Å². The van der Waals surface area contributed by atoms with E-state index >= 15 is 0 Å². The first-order chi connectivity index (χ1) is 27.2. The number of pyridine rings is 2. The molecule has 16 nitrogen and oxygen atoms in total. The van der Waals surface area contributed by atoms with E-state index in [-0.39, 0.29) is 18.2 Å². The summed E-state index contributed by atoms with van der Waals surface area (Å²) in [5.41, 5.74) is 3.68. The number of likely N-dealkylation sites (tertiary alicyclic amines) is 1. The lowest BCUT2D eigenvalue weighted by Crippen LogP contribution is -2.59. The number of nitrogens with zero attached hydrogens (tertiary/aromatic N) is 6. The molecule has 5 N–H and O–H groups in total. The summed E-state index contributed by atoms with van der Waals surface area (Å²) in [5, 5.41) is 20.4. The third-order valence-corrected chi connectivity index (χ3v) is 11.8. The standard InChI is InChI=1S/C40H49N11O5/c1-26-21-28(22-29-25-44-48-34(26)29)24-32(46-38(54)51-15-8-40(9-16-51)31-3-2-10-43-35(31)47-39(55)56-40)36(52)45-33(23-27-4-11-41-12-5-27)37(53)50-19-17-49(18-20-50)30-6-13-42-14-7-30/h2-3,6-7,10,13-14,21-22,25,27,32-33,41H,4-5,8-9,11-12,15-20,23-24H2,1H3,(H,44,48)(H,45,52)(H,46,54)(H,43,47,55)/t32-,33+/m0/s1. The average molecular weight is 764 g/mol. The molecule has 3 aromatic heterocycles. The van der Waals surface area contributed by atoms with Crippen LogP contribution in [0.25, 0.3) is 10.9 Å². The van der Waals surface area contributed by atoms with Gasteiger partial charge in [-0.15, -0.1) is 0 Å². The summed E-state index contributed by atoms with van der Waals surface area (Å²) >= 11 is 0. The van der Waals surface area contributed by atoms with Gasteiger partial charge in [0.15, 0.2) is 0 Å². The highest BCUT2D eigenvalue weighted by atomic mass is 16.6. The van der Waals surface area contributed by atoms with E-state index < -0.39 is 35.7 Å². The second-order valence-electron chi connectivity index (χ2n) is 15.4. The topological polar surface area (TPSA) is 190 Å². The molecule has 3 fully saturated rings. The molecule has 56 heavy (non-hydrogen) atoms. The van der Waals surface area contributed by atoms with Crippen LogP contribution in [-0.4, -0.2) is 118 Å². The third-order valence-electron chi connectivity index (χ3n) is 11.8. The highest BCUT2D eigenvalue weighted by Crippen LogP contribution is 2.42. The van der Waals surface area contributed by atoms with Crippen molar-refractivity contribution < 1.29 is 23.9 Å². The molecule has 8 rings (SSSR count). The van der Waals surface area contributed by atoms with Crippen molar-refractivity contribution in [2.75, 3.05) is 62.6 Å². The second kappa shape index (κ2) is 16.1. The molecule has 0 radical (unpaired) electrons. The number of piperazine rings is 1. The minimum Gasteiger partial charge on any atom is -0.437 e. The zero-order valence-corrected chi connectivity index (χ0v) is 31.6.